The average molecular weight is 268 g/mol. The van der Waals surface area contributed by atoms with Crippen molar-refractivity contribution in [2.45, 2.75) is 62.9 Å². The lowest BCUT2D eigenvalue weighted by Gasteiger charge is -2.05. The second kappa shape index (κ2) is 6.36. The Hall–Kier alpha value is -0.840. The van der Waals surface area contributed by atoms with E-state index in [1.807, 2.05) is 25.6 Å². The highest BCUT2D eigenvalue weighted by Crippen LogP contribution is 2.31. The van der Waals surface area contributed by atoms with Crippen LogP contribution in [0.15, 0.2) is 4.52 Å². The summed E-state index contributed by atoms with van der Waals surface area (Å²) in [6.45, 7) is 3.68. The highest BCUT2D eigenvalue weighted by atomic mass is 32.2. The van der Waals surface area contributed by atoms with Crippen molar-refractivity contribution in [3.63, 3.8) is 0 Å². The van der Waals surface area contributed by atoms with Gasteiger partial charge in [-0.25, -0.2) is 0 Å². The Kier molecular flexibility index (Phi) is 4.80. The molecular weight excluding hydrogens is 248 g/mol. The molecule has 0 radical (unpaired) electrons. The van der Waals surface area contributed by atoms with Crippen LogP contribution in [-0.2, 0) is 10.5 Å². The molecule has 1 unspecified atom stereocenters. The molecule has 0 amide bonds. The minimum absolute atomic E-state index is 0.147. The third-order valence-corrected chi connectivity index (χ3v) is 4.80. The number of thioether (sulfide) groups is 1. The minimum atomic E-state index is -0.271. The standard InChI is InChI=1S/C13H20N2O2S/c1-3-11(16)9(2)13-14-12(15-17-13)8-18-10-6-4-5-7-10/h9-10H,3-8H2,1-2H3. The van der Waals surface area contributed by atoms with Crippen molar-refractivity contribution in [1.82, 2.24) is 10.1 Å². The van der Waals surface area contributed by atoms with Crippen LogP contribution >= 0.6 is 11.8 Å². The molecule has 5 heteroatoms. The first kappa shape index (κ1) is 13.6. The predicted octanol–water partition coefficient (Wildman–Crippen LogP) is 3.33. The normalized spacial score (nSPS) is 18.1. The molecule has 0 N–H and O–H groups in total. The zero-order valence-corrected chi connectivity index (χ0v) is 11.8. The van der Waals surface area contributed by atoms with Gasteiger partial charge in [0.2, 0.25) is 5.89 Å². The van der Waals surface area contributed by atoms with E-state index >= 15 is 0 Å². The van der Waals surface area contributed by atoms with E-state index in [1.54, 1.807) is 0 Å². The maximum atomic E-state index is 11.6. The number of Topliss-reactive ketones (excluding diaryl/α,β-unsaturated/α-hetero) is 1. The van der Waals surface area contributed by atoms with E-state index < -0.39 is 0 Å². The van der Waals surface area contributed by atoms with E-state index in [0.29, 0.717) is 12.3 Å². The molecule has 1 saturated carbocycles. The fourth-order valence-electron chi connectivity index (χ4n) is 2.19. The molecule has 0 bridgehead atoms. The molecule has 0 spiro atoms. The number of ketones is 1. The van der Waals surface area contributed by atoms with Gasteiger partial charge in [-0.1, -0.05) is 24.9 Å². The maximum absolute atomic E-state index is 11.6. The quantitative estimate of drug-likeness (QED) is 0.792. The van der Waals surface area contributed by atoms with Gasteiger partial charge < -0.3 is 4.52 Å². The van der Waals surface area contributed by atoms with Crippen LogP contribution in [0.1, 0.15) is 63.6 Å². The first-order chi connectivity index (χ1) is 8.70. The maximum Gasteiger partial charge on any atom is 0.236 e. The summed E-state index contributed by atoms with van der Waals surface area (Å²) >= 11 is 1.91. The van der Waals surface area contributed by atoms with Crippen molar-refractivity contribution in [3.05, 3.63) is 11.7 Å². The fraction of sp³-hybridized carbons (Fsp3) is 0.769. The summed E-state index contributed by atoms with van der Waals surface area (Å²) in [5, 5.41) is 4.71. The second-order valence-electron chi connectivity index (χ2n) is 4.81. The Balaban J connectivity index is 1.87. The third kappa shape index (κ3) is 3.34. The van der Waals surface area contributed by atoms with E-state index in [1.165, 1.54) is 25.7 Å². The Morgan fingerprint density at radius 3 is 2.89 bits per heavy atom. The monoisotopic (exact) mass is 268 g/mol. The molecule has 18 heavy (non-hydrogen) atoms. The summed E-state index contributed by atoms with van der Waals surface area (Å²) < 4.78 is 5.17. The summed E-state index contributed by atoms with van der Waals surface area (Å²) in [6.07, 6.45) is 5.81. The van der Waals surface area contributed by atoms with Gasteiger partial charge in [-0.3, -0.25) is 4.79 Å². The molecule has 100 valence electrons. The molecule has 0 saturated heterocycles. The van der Waals surface area contributed by atoms with Gasteiger partial charge in [0.05, 0.1) is 11.7 Å². The molecule has 1 aromatic heterocycles. The molecule has 1 aromatic rings. The zero-order valence-electron chi connectivity index (χ0n) is 11.0. The first-order valence-electron chi connectivity index (χ1n) is 6.67. The summed E-state index contributed by atoms with van der Waals surface area (Å²) in [4.78, 5) is 15.9. The van der Waals surface area contributed by atoms with E-state index in [0.717, 1.165) is 16.8 Å². The number of hydrogen-bond acceptors (Lipinski definition) is 5. The highest BCUT2D eigenvalue weighted by Gasteiger charge is 2.21. The van der Waals surface area contributed by atoms with Crippen LogP contribution in [-0.4, -0.2) is 21.2 Å². The van der Waals surface area contributed by atoms with Crippen molar-refractivity contribution in [1.29, 1.82) is 0 Å². The van der Waals surface area contributed by atoms with Crippen LogP contribution < -0.4 is 0 Å². The lowest BCUT2D eigenvalue weighted by molar-refractivity contribution is -0.120. The Morgan fingerprint density at radius 2 is 2.22 bits per heavy atom. The van der Waals surface area contributed by atoms with Crippen LogP contribution in [0.5, 0.6) is 0 Å². The van der Waals surface area contributed by atoms with Crippen LogP contribution in [0.3, 0.4) is 0 Å². The SMILES string of the molecule is CCC(=O)C(C)c1nc(CSC2CCCC2)no1. The largest absolute Gasteiger partial charge is 0.339 e. The minimum Gasteiger partial charge on any atom is -0.339 e. The summed E-state index contributed by atoms with van der Waals surface area (Å²) in [5.74, 6) is 1.85. The fourth-order valence-corrected chi connectivity index (χ4v) is 3.36. The molecule has 1 atom stereocenters. The molecule has 1 aliphatic carbocycles. The lowest BCUT2D eigenvalue weighted by atomic mass is 10.1. The summed E-state index contributed by atoms with van der Waals surface area (Å²) in [5.41, 5.74) is 0. The molecule has 0 aromatic carbocycles. The first-order valence-corrected chi connectivity index (χ1v) is 7.72. The Bertz CT molecular complexity index is 399. The zero-order chi connectivity index (χ0) is 13.0. The smallest absolute Gasteiger partial charge is 0.236 e. The average Bonchev–Trinajstić information content (AvgIpc) is 3.05. The van der Waals surface area contributed by atoms with Gasteiger partial charge in [0.15, 0.2) is 5.82 Å². The summed E-state index contributed by atoms with van der Waals surface area (Å²) in [6, 6.07) is 0. The Labute approximate surface area is 112 Å². The van der Waals surface area contributed by atoms with E-state index in [4.69, 9.17) is 4.52 Å². The van der Waals surface area contributed by atoms with Crippen molar-refractivity contribution < 1.29 is 9.32 Å². The molecule has 1 heterocycles. The van der Waals surface area contributed by atoms with E-state index in [2.05, 4.69) is 10.1 Å². The number of hydrogen-bond donors (Lipinski definition) is 0. The number of carbonyl (C=O) groups excluding carboxylic acids is 1. The third-order valence-electron chi connectivity index (χ3n) is 3.44. The van der Waals surface area contributed by atoms with Crippen LogP contribution in [0.25, 0.3) is 0 Å². The van der Waals surface area contributed by atoms with E-state index in [-0.39, 0.29) is 11.7 Å². The van der Waals surface area contributed by atoms with Crippen molar-refractivity contribution in [2.24, 2.45) is 0 Å². The topological polar surface area (TPSA) is 56.0 Å². The number of carbonyl (C=O) groups is 1. The van der Waals surface area contributed by atoms with Gasteiger partial charge in [-0.2, -0.15) is 16.7 Å². The van der Waals surface area contributed by atoms with Crippen LogP contribution in [0, 0.1) is 0 Å². The van der Waals surface area contributed by atoms with Crippen LogP contribution in [0.2, 0.25) is 0 Å². The van der Waals surface area contributed by atoms with Gasteiger partial charge in [0.25, 0.3) is 0 Å². The van der Waals surface area contributed by atoms with Crippen molar-refractivity contribution in [3.8, 4) is 0 Å². The molecule has 0 aliphatic heterocycles. The van der Waals surface area contributed by atoms with E-state index in [9.17, 15) is 4.79 Å². The predicted molar refractivity (Wildman–Crippen MR) is 71.6 cm³/mol. The number of aromatic nitrogens is 2. The highest BCUT2D eigenvalue weighted by molar-refractivity contribution is 7.99. The van der Waals surface area contributed by atoms with Gasteiger partial charge in [-0.05, 0) is 19.8 Å². The van der Waals surface area contributed by atoms with Crippen molar-refractivity contribution >= 4 is 17.5 Å². The lowest BCUT2D eigenvalue weighted by Crippen LogP contribution is -2.07. The molecule has 1 fully saturated rings. The number of nitrogens with zero attached hydrogens (tertiary/aromatic N) is 2. The second-order valence-corrected chi connectivity index (χ2v) is 6.10. The molecule has 4 nitrogen and oxygen atoms in total. The molecule has 1 aliphatic rings. The van der Waals surface area contributed by atoms with Gasteiger partial charge in [0.1, 0.15) is 5.78 Å². The molecular formula is C13H20N2O2S. The summed E-state index contributed by atoms with van der Waals surface area (Å²) in [7, 11) is 0. The van der Waals surface area contributed by atoms with Crippen LogP contribution in [0.4, 0.5) is 0 Å². The number of rotatable bonds is 6. The van der Waals surface area contributed by atoms with Gasteiger partial charge in [-0.15, -0.1) is 0 Å². The Morgan fingerprint density at radius 1 is 1.50 bits per heavy atom. The van der Waals surface area contributed by atoms with Gasteiger partial charge >= 0.3 is 0 Å². The molecule has 2 rings (SSSR count). The van der Waals surface area contributed by atoms with Crippen molar-refractivity contribution in [2.75, 3.05) is 0 Å². The van der Waals surface area contributed by atoms with Gasteiger partial charge in [0, 0.05) is 11.7 Å².